The monoisotopic (exact) mass is 462 g/mol. The molecule has 7 nitrogen and oxygen atoms in total. The zero-order valence-electron chi connectivity index (χ0n) is 19.8. The zero-order valence-corrected chi connectivity index (χ0v) is 19.8. The number of para-hydroxylation sites is 1. The Kier molecular flexibility index (Phi) is 7.71. The molecule has 0 radical (unpaired) electrons. The Morgan fingerprint density at radius 3 is 2.56 bits per heavy atom. The topological polar surface area (TPSA) is 68.3 Å². The molecule has 0 N–H and O–H groups in total. The average molecular weight is 463 g/mol. The molecular weight excluding hydrogens is 432 g/mol. The van der Waals surface area contributed by atoms with Crippen molar-refractivity contribution in [1.82, 2.24) is 0 Å². The first-order valence-electron chi connectivity index (χ1n) is 11.7. The first kappa shape index (κ1) is 23.7. The molecule has 0 bridgehead atoms. The molecule has 2 aromatic carbocycles. The number of amides is 1. The van der Waals surface area contributed by atoms with E-state index in [1.54, 1.807) is 18.9 Å². The number of hydrogen-bond acceptors (Lipinski definition) is 6. The fourth-order valence-corrected chi connectivity index (χ4v) is 4.28. The summed E-state index contributed by atoms with van der Waals surface area (Å²) in [5.74, 6) is 6.99. The SMILES string of the molecule is CCOC(=O)CCCC(=O)N1Cc2c(cc(OC)cc2N2CCOCC2)C#Cc2ccccc21. The van der Waals surface area contributed by atoms with Crippen LogP contribution in [0.5, 0.6) is 5.75 Å². The molecule has 2 aliphatic rings. The molecule has 1 fully saturated rings. The minimum atomic E-state index is -0.277. The maximum atomic E-state index is 13.5. The Morgan fingerprint density at radius 2 is 1.79 bits per heavy atom. The lowest BCUT2D eigenvalue weighted by Gasteiger charge is -2.33. The first-order valence-corrected chi connectivity index (χ1v) is 11.7. The van der Waals surface area contributed by atoms with E-state index in [-0.39, 0.29) is 24.7 Å². The quantitative estimate of drug-likeness (QED) is 0.463. The van der Waals surface area contributed by atoms with Crippen molar-refractivity contribution in [2.75, 3.05) is 49.8 Å². The van der Waals surface area contributed by atoms with Crippen LogP contribution in [0.3, 0.4) is 0 Å². The summed E-state index contributed by atoms with van der Waals surface area (Å²) in [7, 11) is 1.65. The molecular formula is C27H30N2O5. The van der Waals surface area contributed by atoms with Gasteiger partial charge in [-0.1, -0.05) is 24.0 Å². The number of ether oxygens (including phenoxy) is 3. The normalized spacial score (nSPS) is 14.6. The van der Waals surface area contributed by atoms with Crippen molar-refractivity contribution < 1.29 is 23.8 Å². The van der Waals surface area contributed by atoms with Gasteiger partial charge in [0, 0.05) is 54.4 Å². The van der Waals surface area contributed by atoms with Gasteiger partial charge in [-0.3, -0.25) is 9.59 Å². The molecule has 0 unspecified atom stereocenters. The highest BCUT2D eigenvalue weighted by atomic mass is 16.5. The van der Waals surface area contributed by atoms with Crippen LogP contribution in [-0.4, -0.2) is 51.9 Å². The van der Waals surface area contributed by atoms with Crippen LogP contribution in [0, 0.1) is 11.8 Å². The van der Waals surface area contributed by atoms with Crippen LogP contribution in [0.2, 0.25) is 0 Å². The predicted molar refractivity (Wildman–Crippen MR) is 130 cm³/mol. The third-order valence-corrected chi connectivity index (χ3v) is 6.01. The molecule has 1 saturated heterocycles. The summed E-state index contributed by atoms with van der Waals surface area (Å²) >= 11 is 0. The van der Waals surface area contributed by atoms with E-state index in [1.807, 2.05) is 36.4 Å². The molecule has 0 aliphatic carbocycles. The molecule has 0 saturated carbocycles. The summed E-state index contributed by atoms with van der Waals surface area (Å²) in [6.45, 7) is 5.33. The highest BCUT2D eigenvalue weighted by Gasteiger charge is 2.26. The van der Waals surface area contributed by atoms with E-state index in [0.29, 0.717) is 32.8 Å². The molecule has 0 aromatic heterocycles. The minimum Gasteiger partial charge on any atom is -0.497 e. The molecule has 178 valence electrons. The molecule has 0 atom stereocenters. The second-order valence-corrected chi connectivity index (χ2v) is 8.18. The number of fused-ring (bicyclic) bond motifs is 2. The van der Waals surface area contributed by atoms with Gasteiger partial charge in [0.05, 0.1) is 39.2 Å². The second-order valence-electron chi connectivity index (χ2n) is 8.18. The molecule has 2 aromatic rings. The zero-order chi connectivity index (χ0) is 23.9. The molecule has 0 spiro atoms. The van der Waals surface area contributed by atoms with Crippen LogP contribution in [0.4, 0.5) is 11.4 Å². The van der Waals surface area contributed by atoms with Crippen LogP contribution in [0.25, 0.3) is 0 Å². The summed E-state index contributed by atoms with van der Waals surface area (Å²) in [5.41, 5.74) is 4.42. The Balaban J connectivity index is 1.71. The van der Waals surface area contributed by atoms with Crippen molar-refractivity contribution in [2.24, 2.45) is 0 Å². The smallest absolute Gasteiger partial charge is 0.305 e. The van der Waals surface area contributed by atoms with Gasteiger partial charge in [0.25, 0.3) is 0 Å². The lowest BCUT2D eigenvalue weighted by molar-refractivity contribution is -0.143. The van der Waals surface area contributed by atoms with Crippen molar-refractivity contribution in [3.8, 4) is 17.6 Å². The Morgan fingerprint density at radius 1 is 1.03 bits per heavy atom. The summed E-state index contributed by atoms with van der Waals surface area (Å²) in [5, 5.41) is 0. The van der Waals surface area contributed by atoms with Gasteiger partial charge < -0.3 is 24.0 Å². The number of nitrogens with zero attached hydrogens (tertiary/aromatic N) is 2. The van der Waals surface area contributed by atoms with Gasteiger partial charge in [0.15, 0.2) is 0 Å². The molecule has 7 heteroatoms. The van der Waals surface area contributed by atoms with Crippen LogP contribution in [0.1, 0.15) is 42.9 Å². The molecule has 1 amide bonds. The maximum absolute atomic E-state index is 13.5. The van der Waals surface area contributed by atoms with E-state index in [2.05, 4.69) is 16.7 Å². The number of hydrogen-bond donors (Lipinski definition) is 0. The predicted octanol–water partition coefficient (Wildman–Crippen LogP) is 3.51. The third kappa shape index (κ3) is 5.35. The van der Waals surface area contributed by atoms with Gasteiger partial charge in [-0.25, -0.2) is 0 Å². The molecule has 2 aliphatic heterocycles. The van der Waals surface area contributed by atoms with E-state index < -0.39 is 0 Å². The summed E-state index contributed by atoms with van der Waals surface area (Å²) in [4.78, 5) is 29.3. The average Bonchev–Trinajstić information content (AvgIpc) is 2.85. The molecule has 2 heterocycles. The van der Waals surface area contributed by atoms with Gasteiger partial charge in [0.2, 0.25) is 5.91 Å². The van der Waals surface area contributed by atoms with Gasteiger partial charge in [0.1, 0.15) is 5.75 Å². The number of esters is 1. The van der Waals surface area contributed by atoms with Gasteiger partial charge >= 0.3 is 5.97 Å². The van der Waals surface area contributed by atoms with E-state index >= 15 is 0 Å². The van der Waals surface area contributed by atoms with E-state index in [1.165, 1.54) is 0 Å². The van der Waals surface area contributed by atoms with Crippen LogP contribution in [-0.2, 0) is 25.6 Å². The first-order chi connectivity index (χ1) is 16.6. The van der Waals surface area contributed by atoms with Crippen molar-refractivity contribution in [3.05, 3.63) is 53.1 Å². The maximum Gasteiger partial charge on any atom is 0.305 e. The van der Waals surface area contributed by atoms with Crippen LogP contribution in [0.15, 0.2) is 36.4 Å². The van der Waals surface area contributed by atoms with E-state index in [4.69, 9.17) is 14.2 Å². The number of methoxy groups -OCH3 is 1. The third-order valence-electron chi connectivity index (χ3n) is 6.01. The largest absolute Gasteiger partial charge is 0.497 e. The molecule has 4 rings (SSSR count). The van der Waals surface area contributed by atoms with Gasteiger partial charge in [-0.2, -0.15) is 0 Å². The number of rotatable bonds is 7. The standard InChI is InChI=1S/C27H30N2O5/c1-3-34-27(31)10-6-9-26(30)29-19-23-21(12-11-20-7-4-5-8-24(20)29)17-22(32-2)18-25(23)28-13-15-33-16-14-28/h4-5,7-8,17-18H,3,6,9-10,13-16,19H2,1-2H3. The van der Waals surface area contributed by atoms with Gasteiger partial charge in [-0.15, -0.1) is 0 Å². The van der Waals surface area contributed by atoms with Crippen molar-refractivity contribution in [1.29, 1.82) is 0 Å². The van der Waals surface area contributed by atoms with Crippen LogP contribution < -0.4 is 14.5 Å². The van der Waals surface area contributed by atoms with Crippen molar-refractivity contribution >= 4 is 23.3 Å². The number of anilines is 2. The van der Waals surface area contributed by atoms with Crippen LogP contribution >= 0.6 is 0 Å². The lowest BCUT2D eigenvalue weighted by atomic mass is 9.99. The minimum absolute atomic E-state index is 0.0462. The number of carbonyl (C=O) groups excluding carboxylic acids is 2. The highest BCUT2D eigenvalue weighted by molar-refractivity contribution is 5.95. The summed E-state index contributed by atoms with van der Waals surface area (Å²) < 4.78 is 16.1. The van der Waals surface area contributed by atoms with Crippen molar-refractivity contribution in [2.45, 2.75) is 32.7 Å². The van der Waals surface area contributed by atoms with E-state index in [0.717, 1.165) is 46.9 Å². The van der Waals surface area contributed by atoms with Crippen molar-refractivity contribution in [3.63, 3.8) is 0 Å². The fourth-order valence-electron chi connectivity index (χ4n) is 4.28. The Labute approximate surface area is 200 Å². The molecule has 34 heavy (non-hydrogen) atoms. The fraction of sp³-hybridized carbons (Fsp3) is 0.407. The summed E-state index contributed by atoms with van der Waals surface area (Å²) in [6.07, 6.45) is 0.911. The number of carbonyl (C=O) groups is 2. The number of benzene rings is 2. The van der Waals surface area contributed by atoms with E-state index in [9.17, 15) is 9.59 Å². The Hall–Kier alpha value is -3.50. The second kappa shape index (κ2) is 11.1. The van der Waals surface area contributed by atoms with Gasteiger partial charge in [-0.05, 0) is 31.5 Å². The Bertz CT molecular complexity index is 1110. The summed E-state index contributed by atoms with van der Waals surface area (Å²) in [6, 6.07) is 11.6. The lowest BCUT2D eigenvalue weighted by Crippen LogP contribution is -2.38. The number of morpholine rings is 1. The highest BCUT2D eigenvalue weighted by Crippen LogP contribution is 2.35.